The maximum atomic E-state index is 12.4. The van der Waals surface area contributed by atoms with E-state index in [1.54, 1.807) is 0 Å². The maximum Gasteiger partial charge on any atom is 0.227 e. The molecule has 0 saturated carbocycles. The Morgan fingerprint density at radius 1 is 1.13 bits per heavy atom. The van der Waals surface area contributed by atoms with Crippen molar-refractivity contribution in [3.8, 4) is 0 Å². The first kappa shape index (κ1) is 15.9. The predicted octanol–water partition coefficient (Wildman–Crippen LogP) is 4.50. The van der Waals surface area contributed by atoms with Crippen LogP contribution in [-0.4, -0.2) is 19.0 Å². The first-order chi connectivity index (χ1) is 11.1. The molecular formula is C19H21ClN2O. The van der Waals surface area contributed by atoms with Crippen molar-refractivity contribution in [2.24, 2.45) is 5.92 Å². The van der Waals surface area contributed by atoms with Gasteiger partial charge in [0.2, 0.25) is 5.91 Å². The minimum Gasteiger partial charge on any atom is -0.371 e. The molecule has 3 rings (SSSR count). The molecule has 1 aliphatic heterocycles. The summed E-state index contributed by atoms with van der Waals surface area (Å²) in [5.74, 6) is 0.201. The van der Waals surface area contributed by atoms with Crippen molar-refractivity contribution in [3.63, 3.8) is 0 Å². The summed E-state index contributed by atoms with van der Waals surface area (Å²) in [6.45, 7) is 3.79. The molecule has 1 N–H and O–H groups in total. The Labute approximate surface area is 142 Å². The molecule has 0 bridgehead atoms. The molecule has 3 nitrogen and oxygen atoms in total. The van der Waals surface area contributed by atoms with Crippen LogP contribution < -0.4 is 10.2 Å². The minimum absolute atomic E-state index is 0.0750. The van der Waals surface area contributed by atoms with Gasteiger partial charge in [0.05, 0.1) is 0 Å². The van der Waals surface area contributed by atoms with E-state index in [2.05, 4.69) is 16.3 Å². The highest BCUT2D eigenvalue weighted by Gasteiger charge is 2.25. The Morgan fingerprint density at radius 2 is 1.87 bits per heavy atom. The Bertz CT molecular complexity index is 693. The van der Waals surface area contributed by atoms with Crippen LogP contribution in [-0.2, 0) is 4.79 Å². The van der Waals surface area contributed by atoms with Crippen LogP contribution in [0.1, 0.15) is 18.4 Å². The molecule has 0 radical (unpaired) electrons. The number of rotatable bonds is 3. The molecule has 1 saturated heterocycles. The van der Waals surface area contributed by atoms with Crippen LogP contribution in [0.2, 0.25) is 5.02 Å². The number of nitrogens with zero attached hydrogens (tertiary/aromatic N) is 1. The molecule has 2 aromatic carbocycles. The van der Waals surface area contributed by atoms with Gasteiger partial charge in [-0.15, -0.1) is 0 Å². The van der Waals surface area contributed by atoms with Gasteiger partial charge in [-0.05, 0) is 55.7 Å². The van der Waals surface area contributed by atoms with Gasteiger partial charge in [-0.25, -0.2) is 0 Å². The normalized spacial score (nSPS) is 15.5. The van der Waals surface area contributed by atoms with Gasteiger partial charge in [-0.2, -0.15) is 0 Å². The zero-order valence-electron chi connectivity index (χ0n) is 13.3. The van der Waals surface area contributed by atoms with Crippen molar-refractivity contribution in [2.75, 3.05) is 23.3 Å². The average molecular weight is 329 g/mol. The van der Waals surface area contributed by atoms with Gasteiger partial charge in [0.15, 0.2) is 0 Å². The molecule has 2 aromatic rings. The molecule has 1 aliphatic rings. The minimum atomic E-state index is 0.0750. The molecule has 1 amide bonds. The molecule has 1 heterocycles. The SMILES string of the molecule is Cc1cccc(NC(=O)C2CCN(c3cccc(Cl)c3)CC2)c1. The van der Waals surface area contributed by atoms with Crippen molar-refractivity contribution in [1.82, 2.24) is 0 Å². The summed E-state index contributed by atoms with van der Waals surface area (Å²) in [4.78, 5) is 14.7. The molecule has 4 heteroatoms. The number of hydrogen-bond donors (Lipinski definition) is 1. The Hall–Kier alpha value is -2.00. The van der Waals surface area contributed by atoms with Crippen LogP contribution >= 0.6 is 11.6 Å². The van der Waals surface area contributed by atoms with E-state index in [1.165, 1.54) is 0 Å². The number of nitrogens with one attached hydrogen (secondary N) is 1. The summed E-state index contributed by atoms with van der Waals surface area (Å²) in [7, 11) is 0. The van der Waals surface area contributed by atoms with Crippen LogP contribution in [0.3, 0.4) is 0 Å². The second-order valence-electron chi connectivity index (χ2n) is 6.10. The number of carbonyl (C=O) groups is 1. The fraction of sp³-hybridized carbons (Fsp3) is 0.316. The van der Waals surface area contributed by atoms with E-state index in [-0.39, 0.29) is 11.8 Å². The van der Waals surface area contributed by atoms with Crippen LogP contribution in [0.4, 0.5) is 11.4 Å². The predicted molar refractivity (Wildman–Crippen MR) is 96.2 cm³/mol. The van der Waals surface area contributed by atoms with Gasteiger partial charge < -0.3 is 10.2 Å². The third kappa shape index (κ3) is 4.05. The fourth-order valence-electron chi connectivity index (χ4n) is 3.04. The van der Waals surface area contributed by atoms with E-state index in [9.17, 15) is 4.79 Å². The van der Waals surface area contributed by atoms with E-state index < -0.39 is 0 Å². The third-order valence-electron chi connectivity index (χ3n) is 4.32. The van der Waals surface area contributed by atoms with Gasteiger partial charge in [0.25, 0.3) is 0 Å². The van der Waals surface area contributed by atoms with Crippen molar-refractivity contribution in [1.29, 1.82) is 0 Å². The first-order valence-corrected chi connectivity index (χ1v) is 8.38. The number of piperidine rings is 1. The molecular weight excluding hydrogens is 308 g/mol. The number of carbonyl (C=O) groups excluding carboxylic acids is 1. The van der Waals surface area contributed by atoms with E-state index in [0.29, 0.717) is 0 Å². The van der Waals surface area contributed by atoms with Crippen LogP contribution in [0.15, 0.2) is 48.5 Å². The van der Waals surface area contributed by atoms with Gasteiger partial charge in [-0.3, -0.25) is 4.79 Å². The van der Waals surface area contributed by atoms with Crippen molar-refractivity contribution in [3.05, 3.63) is 59.1 Å². The largest absolute Gasteiger partial charge is 0.371 e. The molecule has 0 unspecified atom stereocenters. The maximum absolute atomic E-state index is 12.4. The van der Waals surface area contributed by atoms with Crippen molar-refractivity contribution >= 4 is 28.9 Å². The Balaban J connectivity index is 1.57. The van der Waals surface area contributed by atoms with Gasteiger partial charge in [0, 0.05) is 35.4 Å². The lowest BCUT2D eigenvalue weighted by atomic mass is 9.95. The quantitative estimate of drug-likeness (QED) is 0.899. The molecule has 0 atom stereocenters. The summed E-state index contributed by atoms with van der Waals surface area (Å²) in [5.41, 5.74) is 3.17. The lowest BCUT2D eigenvalue weighted by molar-refractivity contribution is -0.120. The van der Waals surface area contributed by atoms with E-state index in [0.717, 1.165) is 47.9 Å². The monoisotopic (exact) mass is 328 g/mol. The van der Waals surface area contributed by atoms with Crippen molar-refractivity contribution < 1.29 is 4.79 Å². The topological polar surface area (TPSA) is 32.3 Å². The average Bonchev–Trinajstić information content (AvgIpc) is 2.55. The highest BCUT2D eigenvalue weighted by molar-refractivity contribution is 6.30. The summed E-state index contributed by atoms with van der Waals surface area (Å²) in [6, 6.07) is 15.8. The highest BCUT2D eigenvalue weighted by Crippen LogP contribution is 2.26. The molecule has 0 aromatic heterocycles. The van der Waals surface area contributed by atoms with Crippen LogP contribution in [0, 0.1) is 12.8 Å². The standard InChI is InChI=1S/C19H21ClN2O/c1-14-4-2-6-17(12-14)21-19(23)15-8-10-22(11-9-15)18-7-3-5-16(20)13-18/h2-7,12-13,15H,8-11H2,1H3,(H,21,23). The fourth-order valence-corrected chi connectivity index (χ4v) is 3.22. The van der Waals surface area contributed by atoms with Crippen LogP contribution in [0.5, 0.6) is 0 Å². The van der Waals surface area contributed by atoms with Gasteiger partial charge in [0.1, 0.15) is 0 Å². The molecule has 0 aliphatic carbocycles. The van der Waals surface area contributed by atoms with E-state index in [1.807, 2.05) is 49.4 Å². The van der Waals surface area contributed by atoms with Gasteiger partial charge in [-0.1, -0.05) is 29.8 Å². The molecule has 0 spiro atoms. The third-order valence-corrected chi connectivity index (χ3v) is 4.56. The smallest absolute Gasteiger partial charge is 0.227 e. The van der Waals surface area contributed by atoms with Crippen molar-refractivity contribution in [2.45, 2.75) is 19.8 Å². The number of amides is 1. The van der Waals surface area contributed by atoms with E-state index in [4.69, 9.17) is 11.6 Å². The number of anilines is 2. The number of aryl methyl sites for hydroxylation is 1. The summed E-state index contributed by atoms with van der Waals surface area (Å²) in [5, 5.41) is 3.79. The zero-order chi connectivity index (χ0) is 16.2. The zero-order valence-corrected chi connectivity index (χ0v) is 14.0. The molecule has 1 fully saturated rings. The summed E-state index contributed by atoms with van der Waals surface area (Å²) in [6.07, 6.45) is 1.73. The second kappa shape index (κ2) is 7.05. The lowest BCUT2D eigenvalue weighted by Gasteiger charge is -2.33. The van der Waals surface area contributed by atoms with Crippen LogP contribution in [0.25, 0.3) is 0 Å². The summed E-state index contributed by atoms with van der Waals surface area (Å²) >= 11 is 6.06. The first-order valence-electron chi connectivity index (χ1n) is 8.00. The Morgan fingerprint density at radius 3 is 2.57 bits per heavy atom. The number of benzene rings is 2. The Kier molecular flexibility index (Phi) is 4.87. The molecule has 23 heavy (non-hydrogen) atoms. The highest BCUT2D eigenvalue weighted by atomic mass is 35.5. The number of hydrogen-bond acceptors (Lipinski definition) is 2. The lowest BCUT2D eigenvalue weighted by Crippen LogP contribution is -2.38. The second-order valence-corrected chi connectivity index (χ2v) is 6.54. The summed E-state index contributed by atoms with van der Waals surface area (Å²) < 4.78 is 0. The molecule has 120 valence electrons. The van der Waals surface area contributed by atoms with E-state index >= 15 is 0 Å². The van der Waals surface area contributed by atoms with Gasteiger partial charge >= 0.3 is 0 Å². The number of halogens is 1.